The van der Waals surface area contributed by atoms with Crippen molar-refractivity contribution in [3.05, 3.63) is 21.6 Å². The highest BCUT2D eigenvalue weighted by Crippen LogP contribution is 2.40. The topological polar surface area (TPSA) is 38.3 Å². The summed E-state index contributed by atoms with van der Waals surface area (Å²) < 4.78 is 5.62. The lowest BCUT2D eigenvalue weighted by Crippen LogP contribution is -2.24. The first-order valence-electron chi connectivity index (χ1n) is 5.71. The van der Waals surface area contributed by atoms with Gasteiger partial charge in [0.1, 0.15) is 6.61 Å². The molecule has 0 radical (unpaired) electrons. The third-order valence-corrected chi connectivity index (χ3v) is 4.38. The monoisotopic (exact) mass is 251 g/mol. The maximum Gasteiger partial charge on any atom is 0.256 e. The Hall–Kier alpha value is -1.29. The van der Waals surface area contributed by atoms with Crippen LogP contribution in [0.5, 0.6) is 5.06 Å². The first-order chi connectivity index (χ1) is 8.02. The molecule has 1 aromatic rings. The highest BCUT2D eigenvalue weighted by Gasteiger charge is 2.24. The Labute approximate surface area is 105 Å². The van der Waals surface area contributed by atoms with Crippen LogP contribution in [0.4, 0.5) is 0 Å². The second-order valence-corrected chi connectivity index (χ2v) is 5.43. The SMILES string of the molecule is CC(C)=C(C)c1sc2c(c1C)C(=O)NCCO2. The lowest BCUT2D eigenvalue weighted by Gasteiger charge is -2.04. The maximum atomic E-state index is 11.9. The standard InChI is InChI=1S/C13H17NO2S/c1-7(2)8(3)11-9(4)10-12(15)14-5-6-16-13(10)17-11/h5-6H2,1-4H3,(H,14,15). The summed E-state index contributed by atoms with van der Waals surface area (Å²) in [6.45, 7) is 9.38. The van der Waals surface area contributed by atoms with Crippen molar-refractivity contribution in [2.45, 2.75) is 27.7 Å². The average Bonchev–Trinajstić information content (AvgIpc) is 2.48. The van der Waals surface area contributed by atoms with E-state index in [2.05, 4.69) is 26.1 Å². The van der Waals surface area contributed by atoms with Crippen LogP contribution in [0.1, 0.15) is 41.6 Å². The number of thiophene rings is 1. The predicted molar refractivity (Wildman–Crippen MR) is 70.8 cm³/mol. The van der Waals surface area contributed by atoms with Crippen molar-refractivity contribution in [3.63, 3.8) is 0 Å². The smallest absolute Gasteiger partial charge is 0.256 e. The van der Waals surface area contributed by atoms with E-state index in [9.17, 15) is 4.79 Å². The predicted octanol–water partition coefficient (Wildman–Crippen LogP) is 2.99. The van der Waals surface area contributed by atoms with Crippen molar-refractivity contribution in [1.29, 1.82) is 0 Å². The Morgan fingerprint density at radius 3 is 2.71 bits per heavy atom. The summed E-state index contributed by atoms with van der Waals surface area (Å²) in [7, 11) is 0. The fourth-order valence-corrected chi connectivity index (χ4v) is 3.12. The van der Waals surface area contributed by atoms with Gasteiger partial charge in [-0.05, 0) is 38.8 Å². The lowest BCUT2D eigenvalue weighted by atomic mass is 10.0. The molecule has 0 aromatic carbocycles. The van der Waals surface area contributed by atoms with E-state index in [1.807, 2.05) is 6.92 Å². The van der Waals surface area contributed by atoms with Gasteiger partial charge < -0.3 is 10.1 Å². The van der Waals surface area contributed by atoms with Gasteiger partial charge >= 0.3 is 0 Å². The van der Waals surface area contributed by atoms with Gasteiger partial charge in [0.15, 0.2) is 5.06 Å². The van der Waals surface area contributed by atoms with Crippen LogP contribution < -0.4 is 10.1 Å². The van der Waals surface area contributed by atoms with Gasteiger partial charge in [-0.15, -0.1) is 0 Å². The zero-order valence-electron chi connectivity index (χ0n) is 10.6. The minimum absolute atomic E-state index is 0.0148. The Balaban J connectivity index is 2.57. The van der Waals surface area contributed by atoms with Gasteiger partial charge in [-0.1, -0.05) is 16.9 Å². The number of hydrogen-bond acceptors (Lipinski definition) is 3. The number of carbonyl (C=O) groups excluding carboxylic acids is 1. The molecule has 0 atom stereocenters. The molecule has 0 saturated heterocycles. The number of allylic oxidation sites excluding steroid dienone is 2. The molecule has 1 amide bonds. The molecule has 3 nitrogen and oxygen atoms in total. The van der Waals surface area contributed by atoms with Crippen molar-refractivity contribution in [2.24, 2.45) is 0 Å². The molecule has 1 aliphatic heterocycles. The van der Waals surface area contributed by atoms with Crippen molar-refractivity contribution in [1.82, 2.24) is 5.32 Å². The molecular formula is C13H17NO2S. The van der Waals surface area contributed by atoms with E-state index in [1.54, 1.807) is 11.3 Å². The van der Waals surface area contributed by atoms with Crippen LogP contribution in [0.15, 0.2) is 5.57 Å². The van der Waals surface area contributed by atoms with E-state index in [4.69, 9.17) is 4.74 Å². The highest BCUT2D eigenvalue weighted by molar-refractivity contribution is 7.15. The molecule has 0 unspecified atom stereocenters. The van der Waals surface area contributed by atoms with Crippen LogP contribution >= 0.6 is 11.3 Å². The van der Waals surface area contributed by atoms with Crippen LogP contribution in [0.2, 0.25) is 0 Å². The summed E-state index contributed by atoms with van der Waals surface area (Å²) in [6, 6.07) is 0. The summed E-state index contributed by atoms with van der Waals surface area (Å²) in [5.41, 5.74) is 4.24. The lowest BCUT2D eigenvalue weighted by molar-refractivity contribution is 0.0957. The van der Waals surface area contributed by atoms with E-state index >= 15 is 0 Å². The number of amides is 1. The summed E-state index contributed by atoms with van der Waals surface area (Å²) in [6.07, 6.45) is 0. The molecule has 0 fully saturated rings. The Bertz CT molecular complexity index is 496. The Morgan fingerprint density at radius 2 is 2.06 bits per heavy atom. The molecule has 0 saturated carbocycles. The minimum Gasteiger partial charge on any atom is -0.481 e. The minimum atomic E-state index is -0.0148. The Morgan fingerprint density at radius 1 is 1.35 bits per heavy atom. The van der Waals surface area contributed by atoms with Gasteiger partial charge in [0.05, 0.1) is 12.1 Å². The molecule has 4 heteroatoms. The molecule has 2 heterocycles. The van der Waals surface area contributed by atoms with Crippen molar-refractivity contribution < 1.29 is 9.53 Å². The van der Waals surface area contributed by atoms with Gasteiger partial charge in [0.2, 0.25) is 0 Å². The highest BCUT2D eigenvalue weighted by atomic mass is 32.1. The second kappa shape index (κ2) is 4.53. The van der Waals surface area contributed by atoms with Gasteiger partial charge in [-0.25, -0.2) is 0 Å². The normalized spacial score (nSPS) is 14.5. The number of fused-ring (bicyclic) bond motifs is 1. The zero-order valence-corrected chi connectivity index (χ0v) is 11.5. The van der Waals surface area contributed by atoms with Crippen molar-refractivity contribution in [2.75, 3.05) is 13.2 Å². The largest absolute Gasteiger partial charge is 0.481 e. The van der Waals surface area contributed by atoms with Gasteiger partial charge in [0.25, 0.3) is 5.91 Å². The van der Waals surface area contributed by atoms with Crippen LogP contribution in [-0.2, 0) is 0 Å². The number of carbonyl (C=O) groups is 1. The van der Waals surface area contributed by atoms with Crippen LogP contribution in [0, 0.1) is 6.92 Å². The maximum absolute atomic E-state index is 11.9. The molecule has 0 spiro atoms. The molecule has 17 heavy (non-hydrogen) atoms. The van der Waals surface area contributed by atoms with Gasteiger partial charge in [-0.3, -0.25) is 4.79 Å². The van der Waals surface area contributed by atoms with E-state index < -0.39 is 0 Å². The van der Waals surface area contributed by atoms with Crippen LogP contribution in [-0.4, -0.2) is 19.1 Å². The quantitative estimate of drug-likeness (QED) is 0.833. The van der Waals surface area contributed by atoms with E-state index in [0.717, 1.165) is 15.5 Å². The third kappa shape index (κ3) is 2.09. The zero-order chi connectivity index (χ0) is 12.6. The number of rotatable bonds is 1. The van der Waals surface area contributed by atoms with Crippen molar-refractivity contribution in [3.8, 4) is 5.06 Å². The van der Waals surface area contributed by atoms with E-state index in [-0.39, 0.29) is 5.91 Å². The molecule has 2 rings (SSSR count). The number of nitrogens with one attached hydrogen (secondary N) is 1. The van der Waals surface area contributed by atoms with Crippen molar-refractivity contribution >= 4 is 22.8 Å². The first kappa shape index (κ1) is 12.2. The fraction of sp³-hybridized carbons (Fsp3) is 0.462. The van der Waals surface area contributed by atoms with E-state index in [0.29, 0.717) is 18.7 Å². The van der Waals surface area contributed by atoms with Crippen LogP contribution in [0.3, 0.4) is 0 Å². The summed E-state index contributed by atoms with van der Waals surface area (Å²) in [5, 5.41) is 3.61. The Kier molecular flexibility index (Phi) is 3.24. The summed E-state index contributed by atoms with van der Waals surface area (Å²) >= 11 is 1.57. The fourth-order valence-electron chi connectivity index (χ4n) is 1.83. The first-order valence-corrected chi connectivity index (χ1v) is 6.53. The summed E-state index contributed by atoms with van der Waals surface area (Å²) in [5.74, 6) is -0.0148. The molecule has 1 aromatic heterocycles. The molecule has 1 N–H and O–H groups in total. The second-order valence-electron chi connectivity index (χ2n) is 4.45. The number of ether oxygens (including phenoxy) is 1. The summed E-state index contributed by atoms with van der Waals surface area (Å²) in [4.78, 5) is 13.1. The van der Waals surface area contributed by atoms with Crippen LogP contribution in [0.25, 0.3) is 5.57 Å². The van der Waals surface area contributed by atoms with E-state index in [1.165, 1.54) is 11.1 Å². The van der Waals surface area contributed by atoms with Gasteiger partial charge in [-0.2, -0.15) is 0 Å². The molecule has 1 aliphatic rings. The van der Waals surface area contributed by atoms with Gasteiger partial charge in [0, 0.05) is 4.88 Å². The molecule has 0 bridgehead atoms. The molecule has 92 valence electrons. The molecular weight excluding hydrogens is 234 g/mol. The molecule has 0 aliphatic carbocycles. The third-order valence-electron chi connectivity index (χ3n) is 3.05. The number of hydrogen-bond donors (Lipinski definition) is 1. The average molecular weight is 251 g/mol.